The lowest BCUT2D eigenvalue weighted by Gasteiger charge is -2.48. The summed E-state index contributed by atoms with van der Waals surface area (Å²) in [6.07, 6.45) is -3.58. The molecular formula is C15H19F6NO6S. The average Bonchev–Trinajstić information content (AvgIpc) is 3.06. The van der Waals surface area contributed by atoms with Gasteiger partial charge in [0.1, 0.15) is 0 Å². The first kappa shape index (κ1) is 23.5. The molecule has 0 aliphatic carbocycles. The maximum Gasteiger partial charge on any atom is 0.383 e. The van der Waals surface area contributed by atoms with Gasteiger partial charge < -0.3 is 13.8 Å². The molecule has 29 heavy (non-hydrogen) atoms. The predicted molar refractivity (Wildman–Crippen MR) is 87.5 cm³/mol. The first-order chi connectivity index (χ1) is 13.3. The van der Waals surface area contributed by atoms with Crippen molar-refractivity contribution in [1.29, 1.82) is 0 Å². The minimum Gasteiger partial charge on any atom is -0.463 e. The standard InChI is InChI=1S/C15H19F6NO6S/c1-2-13(16,17)14(18,19)15(20,21)29(28-22-25)7-4-9(5-8-29)11(23)27-10-3-6-26-12(10)24/h9-10H,2-8H2,1H3. The van der Waals surface area contributed by atoms with Crippen LogP contribution in [0.25, 0.3) is 0 Å². The summed E-state index contributed by atoms with van der Waals surface area (Å²) in [6, 6.07) is 0. The second-order valence-electron chi connectivity index (χ2n) is 6.67. The van der Waals surface area contributed by atoms with Crippen LogP contribution in [0.3, 0.4) is 0 Å². The number of cyclic esters (lactones) is 1. The van der Waals surface area contributed by atoms with E-state index in [2.05, 4.69) is 9.02 Å². The number of halogens is 6. The van der Waals surface area contributed by atoms with E-state index < -0.39 is 82.1 Å². The molecule has 2 fully saturated rings. The van der Waals surface area contributed by atoms with E-state index >= 15 is 0 Å². The fourth-order valence-corrected chi connectivity index (χ4v) is 6.10. The van der Waals surface area contributed by atoms with Crippen LogP contribution in [-0.2, 0) is 23.3 Å². The molecule has 7 nitrogen and oxygen atoms in total. The molecular weight excluding hydrogens is 436 g/mol. The molecule has 0 amide bonds. The molecule has 0 N–H and O–H groups in total. The third kappa shape index (κ3) is 3.99. The number of carbonyl (C=O) groups is 2. The molecule has 2 aliphatic heterocycles. The van der Waals surface area contributed by atoms with E-state index in [0.717, 1.165) is 0 Å². The maximum absolute atomic E-state index is 14.6. The number of hydrogen-bond donors (Lipinski definition) is 0. The number of nitrogens with zero attached hydrogens (tertiary/aromatic N) is 1. The van der Waals surface area contributed by atoms with E-state index in [0.29, 0.717) is 6.92 Å². The largest absolute Gasteiger partial charge is 0.463 e. The first-order valence-electron chi connectivity index (χ1n) is 8.65. The molecule has 2 saturated heterocycles. The topological polar surface area (TPSA) is 91.3 Å². The van der Waals surface area contributed by atoms with Crippen molar-refractivity contribution in [3.63, 3.8) is 0 Å². The van der Waals surface area contributed by atoms with E-state index in [1.807, 2.05) is 5.34 Å². The van der Waals surface area contributed by atoms with E-state index in [9.17, 15) is 40.8 Å². The van der Waals surface area contributed by atoms with Gasteiger partial charge >= 0.3 is 29.0 Å². The Morgan fingerprint density at radius 1 is 1.17 bits per heavy atom. The Morgan fingerprint density at radius 3 is 2.21 bits per heavy atom. The van der Waals surface area contributed by atoms with Crippen molar-refractivity contribution in [2.45, 2.75) is 55.8 Å². The molecule has 168 valence electrons. The minimum atomic E-state index is -5.80. The Bertz CT molecular complexity index is 655. The summed E-state index contributed by atoms with van der Waals surface area (Å²) in [5.74, 6) is -15.5. The lowest BCUT2D eigenvalue weighted by molar-refractivity contribution is -0.280. The molecule has 0 spiro atoms. The van der Waals surface area contributed by atoms with Gasteiger partial charge in [-0.15, -0.1) is 4.91 Å². The SMILES string of the molecule is CCC(F)(F)C(F)(F)C(F)(F)S1(ON=O)CCC(C(=O)OC2CCOC2=O)CC1. The van der Waals surface area contributed by atoms with Crippen LogP contribution in [0.1, 0.15) is 32.6 Å². The normalized spacial score (nSPS) is 30.8. The Hall–Kier alpha value is -1.73. The molecule has 0 aromatic heterocycles. The summed E-state index contributed by atoms with van der Waals surface area (Å²) < 4.78 is 98.1. The molecule has 0 aromatic rings. The molecule has 2 aliphatic rings. The van der Waals surface area contributed by atoms with Crippen LogP contribution >= 0.6 is 10.3 Å². The second kappa shape index (κ2) is 8.19. The van der Waals surface area contributed by atoms with Crippen molar-refractivity contribution in [2.24, 2.45) is 11.3 Å². The number of esters is 2. The third-order valence-corrected chi connectivity index (χ3v) is 8.31. The smallest absolute Gasteiger partial charge is 0.383 e. The highest BCUT2D eigenvalue weighted by molar-refractivity contribution is 8.30. The number of alkyl halides is 6. The van der Waals surface area contributed by atoms with Gasteiger partial charge in [-0.2, -0.15) is 26.3 Å². The molecule has 1 atom stereocenters. The molecule has 2 rings (SSSR count). The van der Waals surface area contributed by atoms with Gasteiger partial charge in [0.15, 0.2) is 5.34 Å². The fraction of sp³-hybridized carbons (Fsp3) is 0.867. The van der Waals surface area contributed by atoms with Crippen molar-refractivity contribution >= 4 is 22.2 Å². The van der Waals surface area contributed by atoms with Gasteiger partial charge in [0.2, 0.25) is 6.10 Å². The molecule has 0 saturated carbocycles. The third-order valence-electron chi connectivity index (χ3n) is 4.98. The Labute approximate surface area is 162 Å². The van der Waals surface area contributed by atoms with Crippen LogP contribution in [0.4, 0.5) is 26.3 Å². The van der Waals surface area contributed by atoms with Crippen molar-refractivity contribution in [2.75, 3.05) is 18.1 Å². The molecule has 2 heterocycles. The van der Waals surface area contributed by atoms with Crippen LogP contribution < -0.4 is 0 Å². The predicted octanol–water partition coefficient (Wildman–Crippen LogP) is 3.95. The molecule has 14 heteroatoms. The summed E-state index contributed by atoms with van der Waals surface area (Å²) in [7, 11) is -4.42. The summed E-state index contributed by atoms with van der Waals surface area (Å²) in [5.41, 5.74) is 0. The van der Waals surface area contributed by atoms with Gasteiger partial charge in [0.05, 0.1) is 12.5 Å². The van der Waals surface area contributed by atoms with E-state index in [4.69, 9.17) is 4.74 Å². The van der Waals surface area contributed by atoms with Gasteiger partial charge in [0, 0.05) is 34.7 Å². The highest BCUT2D eigenvalue weighted by Crippen LogP contribution is 2.71. The van der Waals surface area contributed by atoms with Gasteiger partial charge in [-0.1, -0.05) is 6.92 Å². The zero-order chi connectivity index (χ0) is 22.1. The Kier molecular flexibility index (Phi) is 6.65. The number of rotatable bonds is 8. The molecule has 1 unspecified atom stereocenters. The molecule has 0 radical (unpaired) electrons. The van der Waals surface area contributed by atoms with Crippen LogP contribution in [0.5, 0.6) is 0 Å². The molecule has 0 aromatic carbocycles. The Balaban J connectivity index is 2.17. The number of carbonyl (C=O) groups excluding carboxylic acids is 2. The van der Waals surface area contributed by atoms with E-state index in [-0.39, 0.29) is 13.0 Å². The number of hydrogen-bond acceptors (Lipinski definition) is 7. The van der Waals surface area contributed by atoms with Gasteiger partial charge in [-0.3, -0.25) is 4.79 Å². The minimum absolute atomic E-state index is 0.0422. The first-order valence-corrected chi connectivity index (χ1v) is 10.5. The zero-order valence-electron chi connectivity index (χ0n) is 15.2. The lowest BCUT2D eigenvalue weighted by atomic mass is 10.0. The monoisotopic (exact) mass is 455 g/mol. The highest BCUT2D eigenvalue weighted by Gasteiger charge is 2.78. The fourth-order valence-electron chi connectivity index (χ4n) is 3.07. The summed E-state index contributed by atoms with van der Waals surface area (Å²) in [6.45, 7) is 0.659. The zero-order valence-corrected chi connectivity index (χ0v) is 16.0. The van der Waals surface area contributed by atoms with Crippen molar-refractivity contribution in [1.82, 2.24) is 0 Å². The van der Waals surface area contributed by atoms with E-state index in [1.165, 1.54) is 0 Å². The van der Waals surface area contributed by atoms with Crippen molar-refractivity contribution < 1.29 is 49.7 Å². The van der Waals surface area contributed by atoms with Gasteiger partial charge in [-0.05, 0) is 12.8 Å². The highest BCUT2D eigenvalue weighted by atomic mass is 32.3. The summed E-state index contributed by atoms with van der Waals surface area (Å²) in [5, 5.41) is -3.54. The van der Waals surface area contributed by atoms with Gasteiger partial charge in [0.25, 0.3) is 0 Å². The maximum atomic E-state index is 14.6. The van der Waals surface area contributed by atoms with Crippen LogP contribution in [0, 0.1) is 10.8 Å². The van der Waals surface area contributed by atoms with E-state index in [1.54, 1.807) is 0 Å². The lowest BCUT2D eigenvalue weighted by Crippen LogP contribution is -2.57. The van der Waals surface area contributed by atoms with Crippen LogP contribution in [0.15, 0.2) is 5.34 Å². The van der Waals surface area contributed by atoms with Crippen LogP contribution in [-0.4, -0.2) is 53.3 Å². The van der Waals surface area contributed by atoms with Gasteiger partial charge in [-0.25, -0.2) is 4.79 Å². The van der Waals surface area contributed by atoms with Crippen molar-refractivity contribution in [3.8, 4) is 0 Å². The summed E-state index contributed by atoms with van der Waals surface area (Å²) >= 11 is 0. The second-order valence-corrected chi connectivity index (χ2v) is 9.78. The quantitative estimate of drug-likeness (QED) is 0.238. The summed E-state index contributed by atoms with van der Waals surface area (Å²) in [4.78, 5) is 33.9. The Morgan fingerprint density at radius 2 is 1.76 bits per heavy atom. The van der Waals surface area contributed by atoms with Crippen LogP contribution in [0.2, 0.25) is 0 Å². The molecule has 0 bridgehead atoms. The number of ether oxygens (including phenoxy) is 2. The average molecular weight is 455 g/mol. The van der Waals surface area contributed by atoms with Crippen molar-refractivity contribution in [3.05, 3.63) is 4.91 Å².